The number of benzene rings is 2. The normalized spacial score (nSPS) is 11.0. The van der Waals surface area contributed by atoms with Gasteiger partial charge in [0.15, 0.2) is 0 Å². The lowest BCUT2D eigenvalue weighted by molar-refractivity contribution is -0.138. The van der Waals surface area contributed by atoms with E-state index in [1.54, 1.807) is 5.32 Å². The van der Waals surface area contributed by atoms with Gasteiger partial charge in [0.2, 0.25) is 5.91 Å². The van der Waals surface area contributed by atoms with E-state index < -0.39 is 30.4 Å². The van der Waals surface area contributed by atoms with Gasteiger partial charge in [-0.25, -0.2) is 4.39 Å². The van der Waals surface area contributed by atoms with E-state index in [1.165, 1.54) is 36.4 Å². The minimum absolute atomic E-state index is 0.206. The number of amides is 2. The Labute approximate surface area is 140 Å². The van der Waals surface area contributed by atoms with E-state index in [1.807, 2.05) is 0 Å². The largest absolute Gasteiger partial charge is 0.405 e. The standard InChI is InChI=1S/C17H14F4N2O2/c18-13-5-3-12(4-6-13)16(25)23-14-7-1-11(2-8-14)9-15(24)22-10-17(19,20)21/h1-8H,9-10H2,(H,22,24)(H,23,25). The van der Waals surface area contributed by atoms with Crippen LogP contribution < -0.4 is 10.6 Å². The van der Waals surface area contributed by atoms with Gasteiger partial charge in [-0.1, -0.05) is 12.1 Å². The SMILES string of the molecule is O=C(Cc1ccc(NC(=O)c2ccc(F)cc2)cc1)NCC(F)(F)F. The molecule has 2 aromatic rings. The number of anilines is 1. The van der Waals surface area contributed by atoms with Crippen molar-refractivity contribution in [2.75, 3.05) is 11.9 Å². The highest BCUT2D eigenvalue weighted by Crippen LogP contribution is 2.14. The molecule has 0 spiro atoms. The van der Waals surface area contributed by atoms with Gasteiger partial charge in [0, 0.05) is 11.3 Å². The molecule has 2 aromatic carbocycles. The number of carbonyl (C=O) groups is 2. The Morgan fingerprint density at radius 3 is 2.08 bits per heavy atom. The zero-order chi connectivity index (χ0) is 18.4. The number of halogens is 4. The summed E-state index contributed by atoms with van der Waals surface area (Å²) in [5.74, 6) is -1.64. The summed E-state index contributed by atoms with van der Waals surface area (Å²) in [5, 5.41) is 4.37. The van der Waals surface area contributed by atoms with E-state index in [0.717, 1.165) is 12.1 Å². The van der Waals surface area contributed by atoms with Crippen LogP contribution in [-0.4, -0.2) is 24.5 Å². The minimum Gasteiger partial charge on any atom is -0.347 e. The van der Waals surface area contributed by atoms with Gasteiger partial charge in [-0.15, -0.1) is 0 Å². The van der Waals surface area contributed by atoms with Gasteiger partial charge in [-0.05, 0) is 42.0 Å². The number of alkyl halides is 3. The van der Waals surface area contributed by atoms with Crippen LogP contribution in [0.5, 0.6) is 0 Å². The Hall–Kier alpha value is -2.90. The number of carbonyl (C=O) groups excluding carboxylic acids is 2. The third-order valence-corrected chi connectivity index (χ3v) is 3.17. The fraction of sp³-hybridized carbons (Fsp3) is 0.176. The third-order valence-electron chi connectivity index (χ3n) is 3.17. The minimum atomic E-state index is -4.45. The summed E-state index contributed by atoms with van der Waals surface area (Å²) in [6.07, 6.45) is -4.66. The van der Waals surface area contributed by atoms with Crippen LogP contribution in [0, 0.1) is 5.82 Å². The molecule has 0 saturated carbocycles. The summed E-state index contributed by atoms with van der Waals surface area (Å²) in [4.78, 5) is 23.4. The van der Waals surface area contributed by atoms with E-state index in [0.29, 0.717) is 11.3 Å². The molecule has 132 valence electrons. The van der Waals surface area contributed by atoms with Crippen LogP contribution in [-0.2, 0) is 11.2 Å². The van der Waals surface area contributed by atoms with Crippen molar-refractivity contribution in [3.63, 3.8) is 0 Å². The summed E-state index contributed by atoms with van der Waals surface area (Å²) in [5.41, 5.74) is 1.21. The van der Waals surface area contributed by atoms with Crippen molar-refractivity contribution < 1.29 is 27.2 Å². The molecule has 2 amide bonds. The van der Waals surface area contributed by atoms with Crippen LogP contribution in [0.25, 0.3) is 0 Å². The smallest absolute Gasteiger partial charge is 0.347 e. The Bertz CT molecular complexity index is 741. The molecular weight excluding hydrogens is 340 g/mol. The summed E-state index contributed by atoms with van der Waals surface area (Å²) in [7, 11) is 0. The monoisotopic (exact) mass is 354 g/mol. The van der Waals surface area contributed by atoms with Crippen molar-refractivity contribution >= 4 is 17.5 Å². The zero-order valence-electron chi connectivity index (χ0n) is 12.9. The Kier molecular flexibility index (Phi) is 5.74. The molecule has 0 heterocycles. The second kappa shape index (κ2) is 7.78. The molecule has 25 heavy (non-hydrogen) atoms. The second-order valence-corrected chi connectivity index (χ2v) is 5.23. The van der Waals surface area contributed by atoms with Gasteiger partial charge in [0.25, 0.3) is 5.91 Å². The Balaban J connectivity index is 1.90. The lowest BCUT2D eigenvalue weighted by atomic mass is 10.1. The van der Waals surface area contributed by atoms with Crippen molar-refractivity contribution in [2.45, 2.75) is 12.6 Å². The molecule has 0 aliphatic carbocycles. The average Bonchev–Trinajstić information content (AvgIpc) is 2.55. The molecular formula is C17H14F4N2O2. The summed E-state index contributed by atoms with van der Waals surface area (Å²) in [6.45, 7) is -1.38. The van der Waals surface area contributed by atoms with Gasteiger partial charge in [0.05, 0.1) is 6.42 Å². The fourth-order valence-corrected chi connectivity index (χ4v) is 1.96. The number of hydrogen-bond donors (Lipinski definition) is 2. The van der Waals surface area contributed by atoms with E-state index in [-0.39, 0.29) is 12.0 Å². The van der Waals surface area contributed by atoms with Gasteiger partial charge < -0.3 is 10.6 Å². The van der Waals surface area contributed by atoms with Crippen molar-refractivity contribution in [1.29, 1.82) is 0 Å². The first-order valence-corrected chi connectivity index (χ1v) is 7.22. The van der Waals surface area contributed by atoms with E-state index >= 15 is 0 Å². The van der Waals surface area contributed by atoms with Crippen molar-refractivity contribution in [3.05, 3.63) is 65.5 Å². The molecule has 2 N–H and O–H groups in total. The van der Waals surface area contributed by atoms with Gasteiger partial charge in [-0.2, -0.15) is 13.2 Å². The fourth-order valence-electron chi connectivity index (χ4n) is 1.96. The maximum atomic E-state index is 12.8. The quantitative estimate of drug-likeness (QED) is 0.810. The van der Waals surface area contributed by atoms with Crippen LogP contribution in [0.2, 0.25) is 0 Å². The third kappa shape index (κ3) is 6.25. The van der Waals surface area contributed by atoms with Crippen LogP contribution in [0.4, 0.5) is 23.2 Å². The van der Waals surface area contributed by atoms with Gasteiger partial charge in [-0.3, -0.25) is 9.59 Å². The van der Waals surface area contributed by atoms with E-state index in [2.05, 4.69) is 5.32 Å². The number of rotatable bonds is 5. The van der Waals surface area contributed by atoms with Gasteiger partial charge >= 0.3 is 6.18 Å². The molecule has 0 radical (unpaired) electrons. The van der Waals surface area contributed by atoms with Crippen molar-refractivity contribution in [2.24, 2.45) is 0 Å². The first-order valence-electron chi connectivity index (χ1n) is 7.22. The number of nitrogens with one attached hydrogen (secondary N) is 2. The lowest BCUT2D eigenvalue weighted by Gasteiger charge is -2.09. The first kappa shape index (κ1) is 18.4. The molecule has 0 aromatic heterocycles. The van der Waals surface area contributed by atoms with Crippen LogP contribution in [0.3, 0.4) is 0 Å². The molecule has 0 aliphatic rings. The zero-order valence-corrected chi connectivity index (χ0v) is 12.9. The second-order valence-electron chi connectivity index (χ2n) is 5.23. The van der Waals surface area contributed by atoms with E-state index in [9.17, 15) is 27.2 Å². The molecule has 0 unspecified atom stereocenters. The molecule has 2 rings (SSSR count). The van der Waals surface area contributed by atoms with Crippen LogP contribution >= 0.6 is 0 Å². The summed E-state index contributed by atoms with van der Waals surface area (Å²) >= 11 is 0. The maximum Gasteiger partial charge on any atom is 0.405 e. The highest BCUT2D eigenvalue weighted by atomic mass is 19.4. The van der Waals surface area contributed by atoms with E-state index in [4.69, 9.17) is 0 Å². The molecule has 0 bridgehead atoms. The van der Waals surface area contributed by atoms with Crippen LogP contribution in [0.15, 0.2) is 48.5 Å². The maximum absolute atomic E-state index is 12.8. The first-order chi connectivity index (χ1) is 11.7. The Morgan fingerprint density at radius 1 is 0.920 bits per heavy atom. The molecule has 0 aliphatic heterocycles. The van der Waals surface area contributed by atoms with Crippen molar-refractivity contribution in [3.8, 4) is 0 Å². The Morgan fingerprint density at radius 2 is 1.52 bits per heavy atom. The van der Waals surface area contributed by atoms with Crippen LogP contribution in [0.1, 0.15) is 15.9 Å². The highest BCUT2D eigenvalue weighted by molar-refractivity contribution is 6.04. The predicted molar refractivity (Wildman–Crippen MR) is 83.6 cm³/mol. The molecule has 0 atom stereocenters. The highest BCUT2D eigenvalue weighted by Gasteiger charge is 2.27. The topological polar surface area (TPSA) is 58.2 Å². The lowest BCUT2D eigenvalue weighted by Crippen LogP contribution is -2.34. The molecule has 0 fully saturated rings. The summed E-state index contributed by atoms with van der Waals surface area (Å²) < 4.78 is 48.9. The molecule has 0 saturated heterocycles. The molecule has 4 nitrogen and oxygen atoms in total. The average molecular weight is 354 g/mol. The predicted octanol–water partition coefficient (Wildman–Crippen LogP) is 3.30. The van der Waals surface area contributed by atoms with Crippen molar-refractivity contribution in [1.82, 2.24) is 5.32 Å². The van der Waals surface area contributed by atoms with Gasteiger partial charge in [0.1, 0.15) is 12.4 Å². The molecule has 8 heteroatoms. The summed E-state index contributed by atoms with van der Waals surface area (Å²) in [6, 6.07) is 11.1. The number of hydrogen-bond acceptors (Lipinski definition) is 2.